The molecule has 3 N–H and O–H groups in total. The van der Waals surface area contributed by atoms with Gasteiger partial charge in [0.2, 0.25) is 5.91 Å². The van der Waals surface area contributed by atoms with Gasteiger partial charge in [-0.2, -0.15) is 0 Å². The van der Waals surface area contributed by atoms with E-state index in [1.165, 1.54) is 4.90 Å². The number of aliphatic carboxylic acids is 1. The molecule has 0 saturated carbocycles. The number of hydrogen-bond donors (Lipinski definition) is 2. The molecule has 102 valence electrons. The molecule has 19 heavy (non-hydrogen) atoms. The maximum Gasteiger partial charge on any atom is 0.341 e. The number of benzene rings is 1. The van der Waals surface area contributed by atoms with Crippen molar-refractivity contribution in [2.45, 2.75) is 6.04 Å². The molecule has 0 aliphatic carbocycles. The molecule has 1 aliphatic rings. The quantitative estimate of drug-likeness (QED) is 0.787. The van der Waals surface area contributed by atoms with Gasteiger partial charge in [0, 0.05) is 13.1 Å². The predicted molar refractivity (Wildman–Crippen MR) is 66.5 cm³/mol. The first-order valence-electron chi connectivity index (χ1n) is 5.63. The zero-order valence-corrected chi connectivity index (χ0v) is 10.3. The molecule has 2 rings (SSSR count). The maximum atomic E-state index is 11.9. The summed E-state index contributed by atoms with van der Waals surface area (Å²) >= 11 is 0. The van der Waals surface area contributed by atoms with Crippen molar-refractivity contribution in [2.75, 3.05) is 25.2 Å². The third-order valence-corrected chi connectivity index (χ3v) is 2.72. The minimum absolute atomic E-state index is 0.103. The Morgan fingerprint density at radius 1 is 1.63 bits per heavy atom. The van der Waals surface area contributed by atoms with Crippen molar-refractivity contribution < 1.29 is 24.2 Å². The van der Waals surface area contributed by atoms with E-state index in [4.69, 9.17) is 20.3 Å². The van der Waals surface area contributed by atoms with Gasteiger partial charge in [-0.05, 0) is 12.1 Å². The van der Waals surface area contributed by atoms with Crippen molar-refractivity contribution in [1.29, 1.82) is 0 Å². The molecule has 0 fully saturated rings. The summed E-state index contributed by atoms with van der Waals surface area (Å²) in [5.74, 6) is -0.488. The monoisotopic (exact) mass is 266 g/mol. The third-order valence-electron chi connectivity index (χ3n) is 2.72. The summed E-state index contributed by atoms with van der Waals surface area (Å²) in [7, 11) is 1.58. The van der Waals surface area contributed by atoms with Crippen LogP contribution in [0.25, 0.3) is 0 Å². The van der Waals surface area contributed by atoms with Gasteiger partial charge in [-0.15, -0.1) is 0 Å². The second kappa shape index (κ2) is 5.15. The first kappa shape index (κ1) is 13.2. The summed E-state index contributed by atoms with van der Waals surface area (Å²) in [5, 5.41) is 8.56. The second-order valence-corrected chi connectivity index (χ2v) is 4.13. The van der Waals surface area contributed by atoms with Crippen molar-refractivity contribution in [3.8, 4) is 11.5 Å². The minimum atomic E-state index is -1.07. The number of carboxylic acids is 1. The van der Waals surface area contributed by atoms with E-state index in [1.807, 2.05) is 0 Å². The number of carboxylic acid groups (broad SMARTS) is 1. The molecule has 1 atom stereocenters. The SMILES string of the molecule is CN1C(=O)C(N)COc2ccc(OCC(=O)O)cc21. The van der Waals surface area contributed by atoms with Crippen LogP contribution in [0, 0.1) is 0 Å². The zero-order chi connectivity index (χ0) is 14.0. The van der Waals surface area contributed by atoms with Crippen LogP contribution < -0.4 is 20.1 Å². The molecule has 7 nitrogen and oxygen atoms in total. The summed E-state index contributed by atoms with van der Waals surface area (Å²) in [4.78, 5) is 23.7. The number of nitrogens with two attached hydrogens (primary N) is 1. The van der Waals surface area contributed by atoms with E-state index in [-0.39, 0.29) is 12.5 Å². The Morgan fingerprint density at radius 3 is 3.05 bits per heavy atom. The Bertz CT molecular complexity index is 517. The van der Waals surface area contributed by atoms with Crippen LogP contribution in [0.4, 0.5) is 5.69 Å². The van der Waals surface area contributed by atoms with E-state index in [0.29, 0.717) is 17.2 Å². The number of fused-ring (bicyclic) bond motifs is 1. The highest BCUT2D eigenvalue weighted by atomic mass is 16.5. The van der Waals surface area contributed by atoms with Gasteiger partial charge >= 0.3 is 5.97 Å². The summed E-state index contributed by atoms with van der Waals surface area (Å²) in [6.45, 7) is -0.345. The average molecular weight is 266 g/mol. The highest BCUT2D eigenvalue weighted by Gasteiger charge is 2.26. The molecule has 7 heteroatoms. The maximum absolute atomic E-state index is 11.9. The highest BCUT2D eigenvalue weighted by Crippen LogP contribution is 2.33. The molecule has 0 bridgehead atoms. The lowest BCUT2D eigenvalue weighted by Crippen LogP contribution is -2.43. The lowest BCUT2D eigenvalue weighted by Gasteiger charge is -2.18. The van der Waals surface area contributed by atoms with Gasteiger partial charge in [-0.3, -0.25) is 4.79 Å². The van der Waals surface area contributed by atoms with Crippen LogP contribution in [-0.4, -0.2) is 43.3 Å². The fourth-order valence-electron chi connectivity index (χ4n) is 1.73. The second-order valence-electron chi connectivity index (χ2n) is 4.13. The highest BCUT2D eigenvalue weighted by molar-refractivity contribution is 5.98. The van der Waals surface area contributed by atoms with E-state index < -0.39 is 18.6 Å². The number of amides is 1. The van der Waals surface area contributed by atoms with Crippen molar-refractivity contribution in [3.05, 3.63) is 18.2 Å². The van der Waals surface area contributed by atoms with Gasteiger partial charge in [0.1, 0.15) is 24.1 Å². The first-order valence-corrected chi connectivity index (χ1v) is 5.63. The van der Waals surface area contributed by atoms with Gasteiger partial charge < -0.3 is 25.2 Å². The number of hydrogen-bond acceptors (Lipinski definition) is 5. The number of carbonyl (C=O) groups is 2. The molecular formula is C12H14N2O5. The molecule has 1 aromatic rings. The predicted octanol–water partition coefficient (Wildman–Crippen LogP) is -0.167. The number of anilines is 1. The van der Waals surface area contributed by atoms with Crippen molar-refractivity contribution in [1.82, 2.24) is 0 Å². The Balaban J connectivity index is 2.28. The third kappa shape index (κ3) is 2.76. The molecule has 1 aromatic carbocycles. The lowest BCUT2D eigenvalue weighted by atomic mass is 10.2. The van der Waals surface area contributed by atoms with Gasteiger partial charge in [0.15, 0.2) is 6.61 Å². The minimum Gasteiger partial charge on any atom is -0.489 e. The van der Waals surface area contributed by atoms with Crippen LogP contribution in [-0.2, 0) is 9.59 Å². The zero-order valence-electron chi connectivity index (χ0n) is 10.3. The summed E-state index contributed by atoms with van der Waals surface area (Å²) in [6, 6.07) is 4.03. The van der Waals surface area contributed by atoms with E-state index in [2.05, 4.69) is 0 Å². The number of nitrogens with zero attached hydrogens (tertiary/aromatic N) is 1. The van der Waals surface area contributed by atoms with Crippen LogP contribution in [0.15, 0.2) is 18.2 Å². The number of likely N-dealkylation sites (N-methyl/N-ethyl adjacent to an activating group) is 1. The molecular weight excluding hydrogens is 252 g/mol. The largest absolute Gasteiger partial charge is 0.489 e. The van der Waals surface area contributed by atoms with E-state index in [9.17, 15) is 9.59 Å². The Kier molecular flexibility index (Phi) is 3.57. The van der Waals surface area contributed by atoms with Crippen LogP contribution >= 0.6 is 0 Å². The van der Waals surface area contributed by atoms with Gasteiger partial charge in [0.05, 0.1) is 5.69 Å². The van der Waals surface area contributed by atoms with Crippen LogP contribution in [0.5, 0.6) is 11.5 Å². The Morgan fingerprint density at radius 2 is 2.37 bits per heavy atom. The normalized spacial score (nSPS) is 18.3. The number of ether oxygens (including phenoxy) is 2. The molecule has 0 spiro atoms. The van der Waals surface area contributed by atoms with Gasteiger partial charge in [0.25, 0.3) is 0 Å². The van der Waals surface area contributed by atoms with Crippen molar-refractivity contribution in [3.63, 3.8) is 0 Å². The topological polar surface area (TPSA) is 102 Å². The summed E-state index contributed by atoms with van der Waals surface area (Å²) in [5.41, 5.74) is 6.16. The molecule has 1 unspecified atom stereocenters. The van der Waals surface area contributed by atoms with E-state index >= 15 is 0 Å². The van der Waals surface area contributed by atoms with Crippen LogP contribution in [0.1, 0.15) is 0 Å². The van der Waals surface area contributed by atoms with E-state index in [1.54, 1.807) is 25.2 Å². The summed E-state index contributed by atoms with van der Waals surface area (Å²) < 4.78 is 10.5. The lowest BCUT2D eigenvalue weighted by molar-refractivity contribution is -0.139. The molecule has 0 saturated heterocycles. The van der Waals surface area contributed by atoms with Crippen molar-refractivity contribution >= 4 is 17.6 Å². The molecule has 1 heterocycles. The van der Waals surface area contributed by atoms with Gasteiger partial charge in [-0.1, -0.05) is 0 Å². The van der Waals surface area contributed by atoms with E-state index in [0.717, 1.165) is 0 Å². The summed E-state index contributed by atoms with van der Waals surface area (Å²) in [6.07, 6.45) is 0. The Labute approximate surface area is 109 Å². The number of carbonyl (C=O) groups excluding carboxylic acids is 1. The molecule has 1 aliphatic heterocycles. The van der Waals surface area contributed by atoms with Crippen LogP contribution in [0.3, 0.4) is 0 Å². The molecule has 0 radical (unpaired) electrons. The fourth-order valence-corrected chi connectivity index (χ4v) is 1.73. The standard InChI is InChI=1S/C12H14N2O5/c1-14-9-4-7(18-6-11(15)16)2-3-10(9)19-5-8(13)12(14)17/h2-4,8H,5-6,13H2,1H3,(H,15,16). The Hall–Kier alpha value is -2.28. The fraction of sp³-hybridized carbons (Fsp3) is 0.333. The van der Waals surface area contributed by atoms with Crippen LogP contribution in [0.2, 0.25) is 0 Å². The first-order chi connectivity index (χ1) is 8.99. The van der Waals surface area contributed by atoms with Crippen molar-refractivity contribution in [2.24, 2.45) is 5.73 Å². The molecule has 1 amide bonds. The molecule has 0 aromatic heterocycles. The number of rotatable bonds is 3. The smallest absolute Gasteiger partial charge is 0.341 e. The average Bonchev–Trinajstić information content (AvgIpc) is 2.49. The van der Waals surface area contributed by atoms with Gasteiger partial charge in [-0.25, -0.2) is 4.79 Å².